The minimum atomic E-state index is 0.866. The number of nitriles is 1. The van der Waals surface area contributed by atoms with Gasteiger partial charge in [0.1, 0.15) is 6.07 Å². The molecule has 0 aliphatic heterocycles. The van der Waals surface area contributed by atoms with Gasteiger partial charge < -0.3 is 0 Å². The molecule has 1 heterocycles. The number of aryl methyl sites for hydroxylation is 1. The van der Waals surface area contributed by atoms with Crippen LogP contribution in [0, 0.1) is 11.3 Å². The number of rotatable bonds is 1. The summed E-state index contributed by atoms with van der Waals surface area (Å²) in [4.78, 5) is 1.18. The molecule has 0 amide bonds. The van der Waals surface area contributed by atoms with Gasteiger partial charge in [-0.05, 0) is 52.8 Å². The average Bonchev–Trinajstić information content (AvgIpc) is 3.02. The van der Waals surface area contributed by atoms with E-state index in [1.165, 1.54) is 32.5 Å². The van der Waals surface area contributed by atoms with Crippen LogP contribution in [-0.4, -0.2) is 6.26 Å². The molecule has 21 heavy (non-hydrogen) atoms. The van der Waals surface area contributed by atoms with E-state index >= 15 is 0 Å². The predicted molar refractivity (Wildman–Crippen MR) is 91.2 cm³/mol. The number of benzene rings is 2. The number of hydrogen-bond donors (Lipinski definition) is 0. The highest BCUT2D eigenvalue weighted by atomic mass is 32.2. The summed E-state index contributed by atoms with van der Waals surface area (Å²) in [7, 11) is 0. The molecule has 1 aliphatic carbocycles. The SMILES string of the molecule is CSc1c2c(c3ccsc3c1C#N)-c1ccccc1CC2. The molecular weight excluding hydrogens is 294 g/mol. The summed E-state index contributed by atoms with van der Waals surface area (Å²) >= 11 is 3.39. The first-order valence-electron chi connectivity index (χ1n) is 6.93. The topological polar surface area (TPSA) is 23.8 Å². The Morgan fingerprint density at radius 1 is 1.19 bits per heavy atom. The summed E-state index contributed by atoms with van der Waals surface area (Å²) in [6.45, 7) is 0. The summed E-state index contributed by atoms with van der Waals surface area (Å²) in [6, 6.07) is 13.3. The minimum Gasteiger partial charge on any atom is -0.192 e. The normalized spacial score (nSPS) is 12.8. The fourth-order valence-corrected chi connectivity index (χ4v) is 5.11. The molecule has 0 fully saturated rings. The van der Waals surface area contributed by atoms with Gasteiger partial charge >= 0.3 is 0 Å². The van der Waals surface area contributed by atoms with Crippen LogP contribution in [0.3, 0.4) is 0 Å². The van der Waals surface area contributed by atoms with Crippen LogP contribution in [0.1, 0.15) is 16.7 Å². The second-order valence-corrected chi connectivity index (χ2v) is 6.93. The third-order valence-electron chi connectivity index (χ3n) is 4.21. The van der Waals surface area contributed by atoms with Gasteiger partial charge in [0.05, 0.1) is 10.3 Å². The van der Waals surface area contributed by atoms with Crippen LogP contribution in [0.5, 0.6) is 0 Å². The minimum absolute atomic E-state index is 0.866. The van der Waals surface area contributed by atoms with Gasteiger partial charge in [0, 0.05) is 10.3 Å². The van der Waals surface area contributed by atoms with Crippen molar-refractivity contribution in [1.29, 1.82) is 5.26 Å². The van der Waals surface area contributed by atoms with Gasteiger partial charge in [-0.3, -0.25) is 0 Å². The lowest BCUT2D eigenvalue weighted by Crippen LogP contribution is -2.07. The molecule has 1 aromatic heterocycles. The van der Waals surface area contributed by atoms with Gasteiger partial charge in [-0.1, -0.05) is 24.3 Å². The number of hydrogen-bond acceptors (Lipinski definition) is 3. The number of thioether (sulfide) groups is 1. The maximum Gasteiger partial charge on any atom is 0.102 e. The summed E-state index contributed by atoms with van der Waals surface area (Å²) in [5, 5.41) is 13.0. The highest BCUT2D eigenvalue weighted by Crippen LogP contribution is 2.46. The van der Waals surface area contributed by atoms with E-state index in [0.29, 0.717) is 0 Å². The fourth-order valence-electron chi connectivity index (χ4n) is 3.34. The summed E-state index contributed by atoms with van der Waals surface area (Å²) in [6.07, 6.45) is 4.18. The van der Waals surface area contributed by atoms with E-state index in [9.17, 15) is 5.26 Å². The van der Waals surface area contributed by atoms with Crippen LogP contribution in [0.4, 0.5) is 0 Å². The molecule has 102 valence electrons. The summed E-state index contributed by atoms with van der Waals surface area (Å²) in [5.74, 6) is 0. The van der Waals surface area contributed by atoms with Gasteiger partial charge in [-0.15, -0.1) is 23.1 Å². The van der Waals surface area contributed by atoms with E-state index in [2.05, 4.69) is 48.0 Å². The lowest BCUT2D eigenvalue weighted by Gasteiger charge is -2.24. The summed E-state index contributed by atoms with van der Waals surface area (Å²) < 4.78 is 1.14. The van der Waals surface area contributed by atoms with Crippen molar-refractivity contribution in [2.75, 3.05) is 6.26 Å². The van der Waals surface area contributed by atoms with Crippen molar-refractivity contribution in [3.05, 3.63) is 52.4 Å². The number of fused-ring (bicyclic) bond motifs is 5. The van der Waals surface area contributed by atoms with Crippen molar-refractivity contribution in [3.8, 4) is 17.2 Å². The van der Waals surface area contributed by atoms with E-state index in [4.69, 9.17) is 0 Å². The van der Waals surface area contributed by atoms with Gasteiger partial charge in [-0.25, -0.2) is 0 Å². The van der Waals surface area contributed by atoms with E-state index in [-0.39, 0.29) is 0 Å². The predicted octanol–water partition coefficient (Wildman–Crippen LogP) is 5.26. The second kappa shape index (κ2) is 4.91. The highest BCUT2D eigenvalue weighted by molar-refractivity contribution is 7.98. The molecule has 0 N–H and O–H groups in total. The monoisotopic (exact) mass is 307 g/mol. The fraction of sp³-hybridized carbons (Fsp3) is 0.167. The lowest BCUT2D eigenvalue weighted by atomic mass is 9.83. The molecule has 4 rings (SSSR count). The maximum atomic E-state index is 9.61. The van der Waals surface area contributed by atoms with E-state index < -0.39 is 0 Å². The first kappa shape index (κ1) is 12.9. The van der Waals surface area contributed by atoms with E-state index in [0.717, 1.165) is 23.1 Å². The quantitative estimate of drug-likeness (QED) is 0.572. The Kier molecular flexibility index (Phi) is 3.02. The van der Waals surface area contributed by atoms with Crippen LogP contribution in [0.15, 0.2) is 40.6 Å². The zero-order chi connectivity index (χ0) is 14.4. The molecule has 0 unspecified atom stereocenters. The Morgan fingerprint density at radius 2 is 2.05 bits per heavy atom. The van der Waals surface area contributed by atoms with Crippen molar-refractivity contribution < 1.29 is 0 Å². The van der Waals surface area contributed by atoms with E-state index in [1.54, 1.807) is 23.1 Å². The molecular formula is C18H13NS2. The maximum absolute atomic E-state index is 9.61. The van der Waals surface area contributed by atoms with Crippen molar-refractivity contribution in [1.82, 2.24) is 0 Å². The Hall–Kier alpha value is -1.76. The van der Waals surface area contributed by atoms with Crippen LogP contribution in [-0.2, 0) is 12.8 Å². The average molecular weight is 307 g/mol. The second-order valence-electron chi connectivity index (χ2n) is 5.19. The van der Waals surface area contributed by atoms with Crippen LogP contribution in [0.25, 0.3) is 21.2 Å². The lowest BCUT2D eigenvalue weighted by molar-refractivity contribution is 0.920. The van der Waals surface area contributed by atoms with Gasteiger partial charge in [-0.2, -0.15) is 5.26 Å². The Morgan fingerprint density at radius 3 is 2.86 bits per heavy atom. The number of thiophene rings is 1. The molecule has 0 saturated carbocycles. The first-order valence-corrected chi connectivity index (χ1v) is 9.04. The van der Waals surface area contributed by atoms with Gasteiger partial charge in [0.15, 0.2) is 0 Å². The molecule has 0 spiro atoms. The molecule has 0 atom stereocenters. The third-order valence-corrected chi connectivity index (χ3v) is 6.00. The Bertz CT molecular complexity index is 899. The van der Waals surface area contributed by atoms with E-state index in [1.807, 2.05) is 0 Å². The molecule has 1 nitrogen and oxygen atoms in total. The third kappa shape index (κ3) is 1.76. The van der Waals surface area contributed by atoms with Crippen LogP contribution >= 0.6 is 23.1 Å². The molecule has 0 bridgehead atoms. The highest BCUT2D eigenvalue weighted by Gasteiger charge is 2.24. The van der Waals surface area contributed by atoms with Crippen molar-refractivity contribution in [2.24, 2.45) is 0 Å². The van der Waals surface area contributed by atoms with Gasteiger partial charge in [0.25, 0.3) is 0 Å². The van der Waals surface area contributed by atoms with Crippen molar-refractivity contribution in [2.45, 2.75) is 17.7 Å². The van der Waals surface area contributed by atoms with Crippen LogP contribution < -0.4 is 0 Å². The van der Waals surface area contributed by atoms with Gasteiger partial charge in [0.2, 0.25) is 0 Å². The molecule has 2 aromatic carbocycles. The molecule has 1 aliphatic rings. The molecule has 3 heteroatoms. The smallest absolute Gasteiger partial charge is 0.102 e. The van der Waals surface area contributed by atoms with Crippen LogP contribution in [0.2, 0.25) is 0 Å². The standard InChI is InChI=1S/C18H13NS2/c1-20-17-13-7-6-11-4-2-3-5-12(11)16(13)14-8-9-21-18(14)15(17)10-19/h2-5,8-9H,6-7H2,1H3. The Balaban J connectivity index is 2.21. The molecule has 0 saturated heterocycles. The largest absolute Gasteiger partial charge is 0.192 e. The number of nitrogens with zero attached hydrogens (tertiary/aromatic N) is 1. The summed E-state index contributed by atoms with van der Waals surface area (Å²) in [5.41, 5.74) is 6.36. The Labute approximate surface area is 132 Å². The zero-order valence-electron chi connectivity index (χ0n) is 11.6. The van der Waals surface area contributed by atoms with Crippen molar-refractivity contribution in [3.63, 3.8) is 0 Å². The zero-order valence-corrected chi connectivity index (χ0v) is 13.3. The molecule has 0 radical (unpaired) electrons. The first-order chi connectivity index (χ1) is 10.3. The molecule has 3 aromatic rings. The van der Waals surface area contributed by atoms with Crippen molar-refractivity contribution >= 4 is 33.2 Å².